The minimum Gasteiger partial charge on any atom is -0.497 e. The number of Topliss-reactive ketones (excluding diaryl/α,β-unsaturated/α-hetero) is 1. The Bertz CT molecular complexity index is 1110. The van der Waals surface area contributed by atoms with Crippen molar-refractivity contribution in [1.82, 2.24) is 5.32 Å². The minimum absolute atomic E-state index is 0.0766. The third-order valence-electron chi connectivity index (χ3n) is 4.80. The molecule has 0 radical (unpaired) electrons. The average Bonchev–Trinajstić information content (AvgIpc) is 3.10. The van der Waals surface area contributed by atoms with Crippen molar-refractivity contribution in [1.29, 1.82) is 0 Å². The molecule has 0 unspecified atom stereocenters. The normalized spacial score (nSPS) is 15.3. The number of hydrogen-bond acceptors (Lipinski definition) is 8. The number of ketones is 1. The van der Waals surface area contributed by atoms with Crippen LogP contribution in [0.1, 0.15) is 22.8 Å². The van der Waals surface area contributed by atoms with Crippen LogP contribution in [0.4, 0.5) is 0 Å². The first kappa shape index (κ1) is 23.6. The van der Waals surface area contributed by atoms with Crippen molar-refractivity contribution < 1.29 is 43.5 Å². The molecule has 10 heteroatoms. The number of rotatable bonds is 9. The van der Waals surface area contributed by atoms with Crippen molar-refractivity contribution in [3.05, 3.63) is 53.3 Å². The van der Waals surface area contributed by atoms with Crippen molar-refractivity contribution in [3.8, 4) is 23.0 Å². The van der Waals surface area contributed by atoms with Gasteiger partial charge < -0.3 is 34.5 Å². The molecule has 2 aromatic rings. The maximum atomic E-state index is 12.7. The standard InChI is InChI=1S/C23H23NO9/c1-12(25)21(23(28)29)24-20(26)11-32-15-4-6-16-18(10-15)33-19(22(16)27)9-13-8-14(30-2)5-7-17(13)31-3/h4-10,12,21,25H,11H2,1-3H3,(H,24,26)(H,28,29)/t12-,21-/m0/s1. The van der Waals surface area contributed by atoms with Crippen LogP contribution in [0.15, 0.2) is 42.2 Å². The summed E-state index contributed by atoms with van der Waals surface area (Å²) in [4.78, 5) is 35.8. The quantitative estimate of drug-likeness (QED) is 0.479. The zero-order chi connectivity index (χ0) is 24.1. The first-order valence-electron chi connectivity index (χ1n) is 9.86. The second kappa shape index (κ2) is 10.0. The monoisotopic (exact) mass is 457 g/mol. The topological polar surface area (TPSA) is 141 Å². The highest BCUT2D eigenvalue weighted by Crippen LogP contribution is 2.36. The van der Waals surface area contributed by atoms with E-state index in [2.05, 4.69) is 5.32 Å². The summed E-state index contributed by atoms with van der Waals surface area (Å²) in [5.41, 5.74) is 0.909. The van der Waals surface area contributed by atoms with Crippen LogP contribution in [0.25, 0.3) is 6.08 Å². The summed E-state index contributed by atoms with van der Waals surface area (Å²) < 4.78 is 21.6. The van der Waals surface area contributed by atoms with Gasteiger partial charge in [0.25, 0.3) is 5.91 Å². The second-order valence-corrected chi connectivity index (χ2v) is 7.12. The number of carboxylic acid groups (broad SMARTS) is 1. The second-order valence-electron chi connectivity index (χ2n) is 7.12. The molecule has 1 heterocycles. The highest BCUT2D eigenvalue weighted by molar-refractivity contribution is 6.14. The van der Waals surface area contributed by atoms with E-state index in [-0.39, 0.29) is 23.0 Å². The van der Waals surface area contributed by atoms with Crippen LogP contribution in [0.3, 0.4) is 0 Å². The molecule has 1 aliphatic heterocycles. The molecule has 0 aliphatic carbocycles. The average molecular weight is 457 g/mol. The number of aliphatic carboxylic acids is 1. The number of nitrogens with one attached hydrogen (secondary N) is 1. The van der Waals surface area contributed by atoms with Crippen LogP contribution in [0, 0.1) is 0 Å². The maximum absolute atomic E-state index is 12.7. The lowest BCUT2D eigenvalue weighted by molar-refractivity contribution is -0.145. The number of fused-ring (bicyclic) bond motifs is 1. The van der Waals surface area contributed by atoms with E-state index in [1.165, 1.54) is 39.3 Å². The molecule has 0 spiro atoms. The highest BCUT2D eigenvalue weighted by Gasteiger charge is 2.29. The molecule has 3 N–H and O–H groups in total. The summed E-state index contributed by atoms with van der Waals surface area (Å²) in [6.45, 7) is 0.758. The van der Waals surface area contributed by atoms with Crippen LogP contribution in [-0.2, 0) is 9.59 Å². The van der Waals surface area contributed by atoms with Gasteiger partial charge in [-0.15, -0.1) is 0 Å². The smallest absolute Gasteiger partial charge is 0.328 e. The molecule has 1 amide bonds. The van der Waals surface area contributed by atoms with Gasteiger partial charge in [-0.1, -0.05) is 0 Å². The Labute approximate surface area is 189 Å². The van der Waals surface area contributed by atoms with Crippen molar-refractivity contribution >= 4 is 23.7 Å². The fourth-order valence-corrected chi connectivity index (χ4v) is 3.10. The first-order valence-corrected chi connectivity index (χ1v) is 9.86. The zero-order valence-corrected chi connectivity index (χ0v) is 18.2. The minimum atomic E-state index is -1.46. The number of aliphatic hydroxyl groups is 1. The number of carbonyl (C=O) groups is 3. The molecule has 10 nitrogen and oxygen atoms in total. The molecule has 0 saturated carbocycles. The number of methoxy groups -OCH3 is 2. The zero-order valence-electron chi connectivity index (χ0n) is 18.2. The van der Waals surface area contributed by atoms with E-state index in [0.717, 1.165) is 0 Å². The molecule has 1 aliphatic rings. The summed E-state index contributed by atoms with van der Waals surface area (Å²) in [5.74, 6) is -0.753. The Kier molecular flexibility index (Phi) is 7.19. The molecular formula is C23H23NO9. The summed E-state index contributed by atoms with van der Waals surface area (Å²) >= 11 is 0. The van der Waals surface area contributed by atoms with Gasteiger partial charge in [-0.2, -0.15) is 0 Å². The van der Waals surface area contributed by atoms with E-state index >= 15 is 0 Å². The van der Waals surface area contributed by atoms with Crippen molar-refractivity contribution in [3.63, 3.8) is 0 Å². The highest BCUT2D eigenvalue weighted by atomic mass is 16.5. The van der Waals surface area contributed by atoms with Gasteiger partial charge in [0.2, 0.25) is 5.78 Å². The van der Waals surface area contributed by atoms with E-state index < -0.39 is 30.6 Å². The fourth-order valence-electron chi connectivity index (χ4n) is 3.10. The van der Waals surface area contributed by atoms with Gasteiger partial charge in [-0.3, -0.25) is 9.59 Å². The van der Waals surface area contributed by atoms with Crippen LogP contribution in [0.5, 0.6) is 23.0 Å². The van der Waals surface area contributed by atoms with Gasteiger partial charge in [-0.25, -0.2) is 4.79 Å². The number of aliphatic hydroxyl groups excluding tert-OH is 1. The molecule has 174 valence electrons. The maximum Gasteiger partial charge on any atom is 0.328 e. The van der Waals surface area contributed by atoms with Crippen LogP contribution in [-0.4, -0.2) is 60.8 Å². The number of carbonyl (C=O) groups excluding carboxylic acids is 2. The van der Waals surface area contributed by atoms with Gasteiger partial charge in [-0.05, 0) is 43.3 Å². The lowest BCUT2D eigenvalue weighted by Gasteiger charge is -2.17. The number of amides is 1. The number of carboxylic acids is 1. The van der Waals surface area contributed by atoms with Crippen LogP contribution < -0.4 is 24.3 Å². The van der Waals surface area contributed by atoms with Gasteiger partial charge in [0, 0.05) is 11.6 Å². The molecule has 0 aromatic heterocycles. The van der Waals surface area contributed by atoms with E-state index in [1.807, 2.05) is 0 Å². The van der Waals surface area contributed by atoms with E-state index in [4.69, 9.17) is 24.1 Å². The lowest BCUT2D eigenvalue weighted by atomic mass is 10.1. The molecule has 33 heavy (non-hydrogen) atoms. The molecule has 2 aromatic carbocycles. The van der Waals surface area contributed by atoms with Gasteiger partial charge >= 0.3 is 5.97 Å². The number of ether oxygens (including phenoxy) is 4. The lowest BCUT2D eigenvalue weighted by Crippen LogP contribution is -2.49. The summed E-state index contributed by atoms with van der Waals surface area (Å²) in [6.07, 6.45) is 0.263. The van der Waals surface area contributed by atoms with Gasteiger partial charge in [0.1, 0.15) is 23.0 Å². The fraction of sp³-hybridized carbons (Fsp3) is 0.261. The number of hydrogen-bond donors (Lipinski definition) is 3. The van der Waals surface area contributed by atoms with E-state index in [1.54, 1.807) is 24.3 Å². The summed E-state index contributed by atoms with van der Waals surface area (Å²) in [6, 6.07) is 8.14. The van der Waals surface area contributed by atoms with Gasteiger partial charge in [0.05, 0.1) is 25.9 Å². The number of benzene rings is 2. The van der Waals surface area contributed by atoms with Crippen LogP contribution >= 0.6 is 0 Å². The summed E-state index contributed by atoms with van der Waals surface area (Å²) in [5, 5.41) is 20.6. The van der Waals surface area contributed by atoms with Gasteiger partial charge in [0.15, 0.2) is 18.4 Å². The molecule has 0 saturated heterocycles. The Hall–Kier alpha value is -4.05. The first-order chi connectivity index (χ1) is 15.7. The van der Waals surface area contributed by atoms with Crippen molar-refractivity contribution in [2.24, 2.45) is 0 Å². The molecule has 2 atom stereocenters. The Morgan fingerprint density at radius 2 is 1.85 bits per heavy atom. The molecular weight excluding hydrogens is 434 g/mol. The summed E-state index contributed by atoms with van der Waals surface area (Å²) in [7, 11) is 3.04. The van der Waals surface area contributed by atoms with Crippen LogP contribution in [0.2, 0.25) is 0 Å². The largest absolute Gasteiger partial charge is 0.497 e. The van der Waals surface area contributed by atoms with Crippen molar-refractivity contribution in [2.45, 2.75) is 19.1 Å². The van der Waals surface area contributed by atoms with E-state index in [0.29, 0.717) is 22.6 Å². The SMILES string of the molecule is COc1ccc(OC)c(C=C2Oc3cc(OCC(=O)N[C@H](C(=O)O)[C@H](C)O)ccc3C2=O)c1. The number of allylic oxidation sites excluding steroid dienone is 1. The third-order valence-corrected chi connectivity index (χ3v) is 4.80. The predicted octanol–water partition coefficient (Wildman–Crippen LogP) is 1.65. The Morgan fingerprint density at radius 3 is 2.48 bits per heavy atom. The van der Waals surface area contributed by atoms with Crippen molar-refractivity contribution in [2.75, 3.05) is 20.8 Å². The Morgan fingerprint density at radius 1 is 1.12 bits per heavy atom. The molecule has 0 fully saturated rings. The predicted molar refractivity (Wildman–Crippen MR) is 116 cm³/mol. The Balaban J connectivity index is 1.72. The third kappa shape index (κ3) is 5.42. The van der Waals surface area contributed by atoms with E-state index in [9.17, 15) is 19.5 Å². The molecule has 0 bridgehead atoms. The molecule has 3 rings (SSSR count).